The van der Waals surface area contributed by atoms with Crippen LogP contribution in [0.15, 0.2) is 0 Å². The number of unbranched alkanes of at least 4 members (excludes halogenated alkanes) is 35. The van der Waals surface area contributed by atoms with E-state index in [4.69, 9.17) is 37.0 Å². The zero-order valence-electron chi connectivity index (χ0n) is 55.6. The van der Waals surface area contributed by atoms with Gasteiger partial charge in [-0.3, -0.25) is 37.3 Å². The van der Waals surface area contributed by atoms with Crippen molar-refractivity contribution in [1.82, 2.24) is 0 Å². The number of phosphoric ester groups is 2. The molecule has 0 heterocycles. The molecule has 17 nitrogen and oxygen atoms in total. The average molecular weight is 1270 g/mol. The molecular weight excluding hydrogens is 1140 g/mol. The number of carbonyl (C=O) groups is 4. The SMILES string of the molecule is CCCCCCCCCCCCCCCCC(=O)O[C@H](COC(=O)CCCCCCCCCCC(C)CC)COP(=O)(O)OC[C@@H](O)COP(=O)(O)OC[C@@H](COC(=O)CCCCCCCCCCCC)OC(=O)CCCCCCCCCC(C)C. The maximum Gasteiger partial charge on any atom is 0.472 e. The Labute approximate surface area is 524 Å². The number of phosphoric acid groups is 2. The minimum atomic E-state index is -4.95. The summed E-state index contributed by atoms with van der Waals surface area (Å²) in [5.41, 5.74) is 0. The highest BCUT2D eigenvalue weighted by atomic mass is 31.2. The van der Waals surface area contributed by atoms with E-state index in [-0.39, 0.29) is 25.7 Å². The molecule has 0 aromatic carbocycles. The van der Waals surface area contributed by atoms with Crippen molar-refractivity contribution in [3.05, 3.63) is 0 Å². The fourth-order valence-corrected chi connectivity index (χ4v) is 11.6. The molecule has 0 aliphatic rings. The van der Waals surface area contributed by atoms with Crippen LogP contribution in [-0.4, -0.2) is 96.7 Å². The predicted molar refractivity (Wildman–Crippen MR) is 345 cm³/mol. The monoisotopic (exact) mass is 1270 g/mol. The van der Waals surface area contributed by atoms with E-state index in [1.807, 2.05) is 0 Å². The predicted octanol–water partition coefficient (Wildman–Crippen LogP) is 18.8. The molecule has 0 amide bonds. The van der Waals surface area contributed by atoms with E-state index in [0.717, 1.165) is 95.8 Å². The van der Waals surface area contributed by atoms with Crippen LogP contribution in [0.1, 0.15) is 337 Å². The van der Waals surface area contributed by atoms with Crippen molar-refractivity contribution < 1.29 is 80.2 Å². The highest BCUT2D eigenvalue weighted by molar-refractivity contribution is 7.47. The standard InChI is InChI=1S/C67H130O17P2/c1-7-10-12-14-16-18-20-21-22-23-25-33-39-45-51-66(71)83-62(55-78-65(70)50-44-38-32-27-26-30-36-42-48-60(6)9-3)57-81-85(73,74)79-53-61(68)54-80-86(75,76)82-58-63(84-67(72)52-46-40-34-28-29-35-41-47-59(4)5)56-77-64(69)49-43-37-31-24-19-17-15-13-11-8-2/h59-63,68H,7-58H2,1-6H3,(H,73,74)(H,75,76)/t60?,61-,62-,63-/m1/s1. The molecule has 0 aromatic rings. The lowest BCUT2D eigenvalue weighted by Gasteiger charge is -2.21. The summed E-state index contributed by atoms with van der Waals surface area (Å²) in [5.74, 6) is -0.656. The van der Waals surface area contributed by atoms with Crippen LogP contribution in [0.4, 0.5) is 0 Å². The average Bonchev–Trinajstić information content (AvgIpc) is 3.60. The topological polar surface area (TPSA) is 237 Å². The number of aliphatic hydroxyl groups excluding tert-OH is 1. The first-order valence-electron chi connectivity index (χ1n) is 35.0. The van der Waals surface area contributed by atoms with Crippen molar-refractivity contribution in [1.29, 1.82) is 0 Å². The van der Waals surface area contributed by atoms with Crippen molar-refractivity contribution >= 4 is 39.5 Å². The Morgan fingerprint density at radius 3 is 0.884 bits per heavy atom. The van der Waals surface area contributed by atoms with E-state index in [1.165, 1.54) is 154 Å². The quantitative estimate of drug-likeness (QED) is 0.0222. The lowest BCUT2D eigenvalue weighted by Crippen LogP contribution is -2.30. The molecule has 0 rings (SSSR count). The van der Waals surface area contributed by atoms with E-state index in [9.17, 15) is 43.2 Å². The van der Waals surface area contributed by atoms with Crippen LogP contribution in [0.3, 0.4) is 0 Å². The van der Waals surface area contributed by atoms with Crippen molar-refractivity contribution in [3.63, 3.8) is 0 Å². The largest absolute Gasteiger partial charge is 0.472 e. The molecule has 0 fully saturated rings. The summed E-state index contributed by atoms with van der Waals surface area (Å²) in [5, 5.41) is 10.6. The Kier molecular flexibility index (Phi) is 58.0. The Morgan fingerprint density at radius 1 is 0.337 bits per heavy atom. The molecule has 0 saturated carbocycles. The zero-order valence-corrected chi connectivity index (χ0v) is 57.4. The van der Waals surface area contributed by atoms with Gasteiger partial charge in [0.25, 0.3) is 0 Å². The van der Waals surface area contributed by atoms with Crippen LogP contribution in [0, 0.1) is 11.8 Å². The third-order valence-corrected chi connectivity index (χ3v) is 17.7. The first-order chi connectivity index (χ1) is 41.4. The molecule has 86 heavy (non-hydrogen) atoms. The number of ether oxygens (including phenoxy) is 4. The zero-order chi connectivity index (χ0) is 63.6. The molecular formula is C67H130O17P2. The Morgan fingerprint density at radius 2 is 0.593 bits per heavy atom. The number of carbonyl (C=O) groups excluding carboxylic acids is 4. The lowest BCUT2D eigenvalue weighted by molar-refractivity contribution is -0.161. The van der Waals surface area contributed by atoms with Crippen molar-refractivity contribution in [2.45, 2.75) is 355 Å². The first kappa shape index (κ1) is 84.1. The molecule has 0 spiro atoms. The Bertz CT molecular complexity index is 1690. The summed E-state index contributed by atoms with van der Waals surface area (Å²) < 4.78 is 68.1. The maximum absolute atomic E-state index is 13.0. The maximum atomic E-state index is 13.0. The Hall–Kier alpha value is -1.94. The van der Waals surface area contributed by atoms with E-state index in [1.54, 1.807) is 0 Å². The minimum Gasteiger partial charge on any atom is -0.462 e. The Balaban J connectivity index is 5.25. The van der Waals surface area contributed by atoms with Gasteiger partial charge in [0, 0.05) is 25.7 Å². The van der Waals surface area contributed by atoms with Gasteiger partial charge in [0.2, 0.25) is 0 Å². The number of aliphatic hydroxyl groups is 1. The van der Waals surface area contributed by atoms with Crippen LogP contribution in [0.2, 0.25) is 0 Å². The van der Waals surface area contributed by atoms with Gasteiger partial charge in [0.05, 0.1) is 26.4 Å². The first-order valence-corrected chi connectivity index (χ1v) is 38.0. The molecule has 0 aliphatic heterocycles. The lowest BCUT2D eigenvalue weighted by atomic mass is 9.99. The summed E-state index contributed by atoms with van der Waals surface area (Å²) in [6.45, 7) is 9.46. The van der Waals surface area contributed by atoms with Gasteiger partial charge in [-0.25, -0.2) is 9.13 Å². The van der Waals surface area contributed by atoms with E-state index < -0.39 is 97.5 Å². The molecule has 6 atom stereocenters. The molecule has 19 heteroatoms. The summed E-state index contributed by atoms with van der Waals surface area (Å²) in [7, 11) is -9.89. The van der Waals surface area contributed by atoms with Gasteiger partial charge in [-0.1, -0.05) is 286 Å². The van der Waals surface area contributed by atoms with Crippen LogP contribution < -0.4 is 0 Å². The number of esters is 4. The fraction of sp³-hybridized carbons (Fsp3) is 0.940. The highest BCUT2D eigenvalue weighted by Gasteiger charge is 2.30. The van der Waals surface area contributed by atoms with E-state index >= 15 is 0 Å². The summed E-state index contributed by atoms with van der Waals surface area (Å²) in [4.78, 5) is 72.4. The van der Waals surface area contributed by atoms with Crippen LogP contribution in [0.5, 0.6) is 0 Å². The molecule has 510 valence electrons. The van der Waals surface area contributed by atoms with Crippen LogP contribution in [-0.2, 0) is 65.4 Å². The van der Waals surface area contributed by atoms with Crippen molar-refractivity contribution in [2.24, 2.45) is 11.8 Å². The second-order valence-electron chi connectivity index (χ2n) is 24.9. The molecule has 3 N–H and O–H groups in total. The minimum absolute atomic E-state index is 0.103. The van der Waals surface area contributed by atoms with Gasteiger partial charge in [0.15, 0.2) is 12.2 Å². The summed E-state index contributed by atoms with van der Waals surface area (Å²) >= 11 is 0. The van der Waals surface area contributed by atoms with Gasteiger partial charge < -0.3 is 33.8 Å². The fourth-order valence-electron chi connectivity index (χ4n) is 10.0. The molecule has 0 aromatic heterocycles. The van der Waals surface area contributed by atoms with Gasteiger partial charge in [0.1, 0.15) is 19.3 Å². The van der Waals surface area contributed by atoms with Crippen LogP contribution >= 0.6 is 15.6 Å². The van der Waals surface area contributed by atoms with Crippen molar-refractivity contribution in [3.8, 4) is 0 Å². The molecule has 0 bridgehead atoms. The highest BCUT2D eigenvalue weighted by Crippen LogP contribution is 2.45. The number of hydrogen-bond acceptors (Lipinski definition) is 15. The van der Waals surface area contributed by atoms with Gasteiger partial charge in [-0.05, 0) is 37.5 Å². The van der Waals surface area contributed by atoms with Gasteiger partial charge >= 0.3 is 39.5 Å². The second kappa shape index (κ2) is 59.4. The second-order valence-corrected chi connectivity index (χ2v) is 27.8. The van der Waals surface area contributed by atoms with E-state index in [2.05, 4.69) is 41.5 Å². The van der Waals surface area contributed by atoms with Gasteiger partial charge in [-0.15, -0.1) is 0 Å². The van der Waals surface area contributed by atoms with Crippen molar-refractivity contribution in [2.75, 3.05) is 39.6 Å². The molecule has 0 radical (unpaired) electrons. The summed E-state index contributed by atoms with van der Waals surface area (Å²) in [6.07, 6.45) is 43.0. The molecule has 3 unspecified atom stereocenters. The van der Waals surface area contributed by atoms with E-state index in [0.29, 0.717) is 31.6 Å². The third-order valence-electron chi connectivity index (χ3n) is 15.8. The number of rotatable bonds is 66. The smallest absolute Gasteiger partial charge is 0.462 e. The third kappa shape index (κ3) is 59.7. The molecule has 0 saturated heterocycles. The normalized spacial score (nSPS) is 14.5. The number of hydrogen-bond donors (Lipinski definition) is 3. The molecule has 0 aliphatic carbocycles. The van der Waals surface area contributed by atoms with Gasteiger partial charge in [-0.2, -0.15) is 0 Å². The van der Waals surface area contributed by atoms with Crippen LogP contribution in [0.25, 0.3) is 0 Å². The summed E-state index contributed by atoms with van der Waals surface area (Å²) in [6, 6.07) is 0.